The van der Waals surface area contributed by atoms with Gasteiger partial charge in [-0.3, -0.25) is 4.68 Å². The van der Waals surface area contributed by atoms with Crippen LogP contribution in [0, 0.1) is 6.92 Å². The molecule has 0 bridgehead atoms. The Bertz CT molecular complexity index is 583. The first-order chi connectivity index (χ1) is 10.2. The van der Waals surface area contributed by atoms with E-state index in [2.05, 4.69) is 41.6 Å². The van der Waals surface area contributed by atoms with E-state index in [0.29, 0.717) is 6.10 Å². The van der Waals surface area contributed by atoms with Crippen molar-refractivity contribution in [1.82, 2.24) is 9.78 Å². The van der Waals surface area contributed by atoms with Crippen molar-refractivity contribution in [3.05, 3.63) is 41.7 Å². The van der Waals surface area contributed by atoms with Gasteiger partial charge < -0.3 is 10.1 Å². The molecule has 4 nitrogen and oxygen atoms in total. The fraction of sp³-hybridized carbons (Fsp3) is 0.471. The molecule has 0 saturated heterocycles. The molecule has 0 aliphatic heterocycles. The first kappa shape index (κ1) is 14.0. The second-order valence-electron chi connectivity index (χ2n) is 5.78. The molecule has 0 unspecified atom stereocenters. The van der Waals surface area contributed by atoms with Gasteiger partial charge in [0.2, 0.25) is 0 Å². The highest BCUT2D eigenvalue weighted by molar-refractivity contribution is 5.47. The number of nitrogens with one attached hydrogen (secondary N) is 1. The number of ether oxygens (including phenoxy) is 1. The van der Waals surface area contributed by atoms with Crippen LogP contribution in [0.1, 0.15) is 36.9 Å². The average Bonchev–Trinajstić information content (AvgIpc) is 3.11. The quantitative estimate of drug-likeness (QED) is 0.911. The number of rotatable bonds is 5. The highest BCUT2D eigenvalue weighted by Gasteiger charge is 2.16. The second kappa shape index (κ2) is 6.20. The summed E-state index contributed by atoms with van der Waals surface area (Å²) in [6.07, 6.45) is 7.33. The van der Waals surface area contributed by atoms with Crippen LogP contribution in [-0.2, 0) is 13.6 Å². The topological polar surface area (TPSA) is 39.1 Å². The maximum atomic E-state index is 5.97. The summed E-state index contributed by atoms with van der Waals surface area (Å²) in [6.45, 7) is 2.88. The van der Waals surface area contributed by atoms with Crippen molar-refractivity contribution in [2.45, 2.75) is 45.3 Å². The van der Waals surface area contributed by atoms with Gasteiger partial charge in [-0.15, -0.1) is 0 Å². The predicted molar refractivity (Wildman–Crippen MR) is 84.6 cm³/mol. The first-order valence-corrected chi connectivity index (χ1v) is 7.70. The van der Waals surface area contributed by atoms with Crippen molar-refractivity contribution < 1.29 is 4.74 Å². The first-order valence-electron chi connectivity index (χ1n) is 7.70. The van der Waals surface area contributed by atoms with E-state index in [1.54, 1.807) is 0 Å². The van der Waals surface area contributed by atoms with Crippen LogP contribution in [0.5, 0.6) is 5.75 Å². The van der Waals surface area contributed by atoms with E-state index in [0.717, 1.165) is 18.0 Å². The maximum absolute atomic E-state index is 5.97. The summed E-state index contributed by atoms with van der Waals surface area (Å²) in [6, 6.07) is 8.26. The zero-order chi connectivity index (χ0) is 14.7. The number of nitrogens with zero attached hydrogens (tertiary/aromatic N) is 2. The summed E-state index contributed by atoms with van der Waals surface area (Å²) in [5.74, 6) is 0.977. The monoisotopic (exact) mass is 285 g/mol. The van der Waals surface area contributed by atoms with Crippen LogP contribution >= 0.6 is 0 Å². The molecule has 112 valence electrons. The average molecular weight is 285 g/mol. The molecule has 2 aromatic rings. The van der Waals surface area contributed by atoms with E-state index in [9.17, 15) is 0 Å². The summed E-state index contributed by atoms with van der Waals surface area (Å²) < 4.78 is 7.87. The molecule has 0 radical (unpaired) electrons. The van der Waals surface area contributed by atoms with E-state index in [4.69, 9.17) is 4.74 Å². The zero-order valence-corrected chi connectivity index (χ0v) is 12.8. The molecule has 1 saturated carbocycles. The van der Waals surface area contributed by atoms with E-state index in [1.807, 2.05) is 17.9 Å². The van der Waals surface area contributed by atoms with Gasteiger partial charge in [-0.1, -0.05) is 0 Å². The summed E-state index contributed by atoms with van der Waals surface area (Å²) in [4.78, 5) is 0. The Hall–Kier alpha value is -1.97. The van der Waals surface area contributed by atoms with Gasteiger partial charge in [0.05, 0.1) is 12.3 Å². The number of aromatic nitrogens is 2. The van der Waals surface area contributed by atoms with Gasteiger partial charge in [-0.25, -0.2) is 0 Å². The Kier molecular flexibility index (Phi) is 4.13. The molecule has 0 atom stereocenters. The molecule has 1 aliphatic rings. The van der Waals surface area contributed by atoms with Gasteiger partial charge in [0.25, 0.3) is 0 Å². The summed E-state index contributed by atoms with van der Waals surface area (Å²) >= 11 is 0. The lowest BCUT2D eigenvalue weighted by molar-refractivity contribution is 0.210. The lowest BCUT2D eigenvalue weighted by atomic mass is 10.2. The summed E-state index contributed by atoms with van der Waals surface area (Å²) in [7, 11) is 1.97. The second-order valence-corrected chi connectivity index (χ2v) is 5.78. The van der Waals surface area contributed by atoms with Crippen LogP contribution in [0.4, 0.5) is 5.69 Å². The van der Waals surface area contributed by atoms with Crippen LogP contribution in [0.25, 0.3) is 0 Å². The van der Waals surface area contributed by atoms with E-state index in [1.165, 1.54) is 36.9 Å². The molecule has 1 aliphatic carbocycles. The third-order valence-electron chi connectivity index (χ3n) is 4.28. The molecule has 4 heteroatoms. The van der Waals surface area contributed by atoms with Gasteiger partial charge in [-0.05, 0) is 56.9 Å². The molecule has 21 heavy (non-hydrogen) atoms. The Morgan fingerprint density at radius 2 is 1.95 bits per heavy atom. The molecule has 1 aromatic heterocycles. The zero-order valence-electron chi connectivity index (χ0n) is 12.8. The minimum atomic E-state index is 0.418. The maximum Gasteiger partial charge on any atom is 0.119 e. The molecular formula is C17H23N3O. The Labute approximate surface area is 126 Å². The Morgan fingerprint density at radius 3 is 2.57 bits per heavy atom. The molecule has 0 amide bonds. The molecule has 1 N–H and O–H groups in total. The van der Waals surface area contributed by atoms with Crippen molar-refractivity contribution in [3.63, 3.8) is 0 Å². The minimum Gasteiger partial charge on any atom is -0.490 e. The highest BCUT2D eigenvalue weighted by atomic mass is 16.5. The van der Waals surface area contributed by atoms with Crippen molar-refractivity contribution in [3.8, 4) is 5.75 Å². The third-order valence-corrected chi connectivity index (χ3v) is 4.28. The number of anilines is 1. The van der Waals surface area contributed by atoms with Crippen LogP contribution in [0.3, 0.4) is 0 Å². The normalized spacial score (nSPS) is 15.3. The van der Waals surface area contributed by atoms with Gasteiger partial charge in [-0.2, -0.15) is 5.10 Å². The fourth-order valence-corrected chi connectivity index (χ4v) is 2.77. The lowest BCUT2D eigenvalue weighted by Gasteiger charge is -2.13. The molecule has 3 rings (SSSR count). The van der Waals surface area contributed by atoms with E-state index < -0.39 is 0 Å². The largest absolute Gasteiger partial charge is 0.490 e. The van der Waals surface area contributed by atoms with Gasteiger partial charge >= 0.3 is 0 Å². The Morgan fingerprint density at radius 1 is 1.24 bits per heavy atom. The van der Waals surface area contributed by atoms with Crippen molar-refractivity contribution in [2.24, 2.45) is 7.05 Å². The fourth-order valence-electron chi connectivity index (χ4n) is 2.77. The van der Waals surface area contributed by atoms with Crippen LogP contribution in [-0.4, -0.2) is 15.9 Å². The smallest absolute Gasteiger partial charge is 0.119 e. The third kappa shape index (κ3) is 3.38. The van der Waals surface area contributed by atoms with Crippen molar-refractivity contribution >= 4 is 5.69 Å². The molecule has 1 aromatic carbocycles. The number of benzene rings is 1. The van der Waals surface area contributed by atoms with Gasteiger partial charge in [0.15, 0.2) is 0 Å². The molecular weight excluding hydrogens is 262 g/mol. The molecule has 0 spiro atoms. The number of hydrogen-bond acceptors (Lipinski definition) is 3. The van der Waals surface area contributed by atoms with Crippen molar-refractivity contribution in [2.75, 3.05) is 5.32 Å². The predicted octanol–water partition coefficient (Wildman–Crippen LogP) is 3.66. The van der Waals surface area contributed by atoms with E-state index in [-0.39, 0.29) is 0 Å². The standard InChI is InChI=1S/C17H23N3O/c1-13-14(12-19-20(13)2)11-18-15-7-9-17(10-8-15)21-16-5-3-4-6-16/h7-10,12,16,18H,3-6,11H2,1-2H3. The molecule has 1 heterocycles. The Balaban J connectivity index is 1.55. The number of aryl methyl sites for hydroxylation is 1. The van der Waals surface area contributed by atoms with Gasteiger partial charge in [0.1, 0.15) is 5.75 Å². The summed E-state index contributed by atoms with van der Waals surface area (Å²) in [5, 5.41) is 7.68. The molecule has 1 fully saturated rings. The summed E-state index contributed by atoms with van der Waals surface area (Å²) in [5.41, 5.74) is 3.53. The van der Waals surface area contributed by atoms with Gasteiger partial charge in [0, 0.05) is 30.5 Å². The van der Waals surface area contributed by atoms with Crippen LogP contribution in [0.2, 0.25) is 0 Å². The lowest BCUT2D eigenvalue weighted by Crippen LogP contribution is -2.10. The number of hydrogen-bond donors (Lipinski definition) is 1. The van der Waals surface area contributed by atoms with Crippen molar-refractivity contribution in [1.29, 1.82) is 0 Å². The van der Waals surface area contributed by atoms with E-state index >= 15 is 0 Å². The SMILES string of the molecule is Cc1c(CNc2ccc(OC3CCCC3)cc2)cnn1C. The van der Waals surface area contributed by atoms with Crippen LogP contribution in [0.15, 0.2) is 30.5 Å². The minimum absolute atomic E-state index is 0.418. The van der Waals surface area contributed by atoms with Crippen LogP contribution < -0.4 is 10.1 Å². The highest BCUT2D eigenvalue weighted by Crippen LogP contribution is 2.25.